The van der Waals surface area contributed by atoms with Crippen molar-refractivity contribution in [2.75, 3.05) is 23.3 Å². The highest BCUT2D eigenvalue weighted by Crippen LogP contribution is 2.19. The first-order valence-corrected chi connectivity index (χ1v) is 10.0. The van der Waals surface area contributed by atoms with Crippen molar-refractivity contribution in [3.8, 4) is 0 Å². The first-order valence-electron chi connectivity index (χ1n) is 10.0. The number of carbonyl (C=O) groups excluding carboxylic acids is 1. The zero-order chi connectivity index (χ0) is 20.1. The topological polar surface area (TPSA) is 57.3 Å². The average Bonchev–Trinajstić information content (AvgIpc) is 3.23. The number of hydrogen-bond acceptors (Lipinski definition) is 4. The molecular weight excluding hydrogens is 360 g/mol. The van der Waals surface area contributed by atoms with Crippen molar-refractivity contribution >= 4 is 17.4 Å². The van der Waals surface area contributed by atoms with E-state index in [2.05, 4.69) is 51.7 Å². The number of nitrogens with zero attached hydrogens (tertiary/aromatic N) is 2. The van der Waals surface area contributed by atoms with Gasteiger partial charge in [-0.3, -0.25) is 4.79 Å². The van der Waals surface area contributed by atoms with Crippen molar-refractivity contribution in [1.29, 1.82) is 0 Å². The van der Waals surface area contributed by atoms with Gasteiger partial charge in [0.15, 0.2) is 0 Å². The molecule has 1 aromatic heterocycles. The molecule has 1 aliphatic heterocycles. The molecule has 5 heteroatoms. The maximum Gasteiger partial charge on any atom is 0.257 e. The zero-order valence-corrected chi connectivity index (χ0v) is 16.6. The molecule has 0 aliphatic carbocycles. The van der Waals surface area contributed by atoms with Gasteiger partial charge in [0.05, 0.1) is 5.56 Å². The number of hydrogen-bond donors (Lipinski definition) is 2. The number of pyridine rings is 1. The maximum absolute atomic E-state index is 12.4. The third-order valence-electron chi connectivity index (χ3n) is 5.27. The van der Waals surface area contributed by atoms with Crippen LogP contribution >= 0.6 is 0 Å². The fourth-order valence-corrected chi connectivity index (χ4v) is 3.54. The van der Waals surface area contributed by atoms with Crippen LogP contribution < -0.4 is 15.5 Å². The molecule has 29 heavy (non-hydrogen) atoms. The van der Waals surface area contributed by atoms with Gasteiger partial charge in [-0.05, 0) is 43.2 Å². The summed E-state index contributed by atoms with van der Waals surface area (Å²) in [6.45, 7) is 4.88. The fraction of sp³-hybridized carbons (Fsp3) is 0.250. The van der Waals surface area contributed by atoms with Gasteiger partial charge in [0.1, 0.15) is 5.82 Å². The molecule has 0 spiro atoms. The van der Waals surface area contributed by atoms with Crippen LogP contribution in [0.2, 0.25) is 0 Å². The summed E-state index contributed by atoms with van der Waals surface area (Å²) in [6, 6.07) is 22.3. The van der Waals surface area contributed by atoms with Gasteiger partial charge >= 0.3 is 0 Å². The predicted octanol–water partition coefficient (Wildman–Crippen LogP) is 4.01. The molecular formula is C24H26N4O. The average molecular weight is 386 g/mol. The van der Waals surface area contributed by atoms with E-state index in [0.29, 0.717) is 11.6 Å². The molecule has 2 aromatic carbocycles. The van der Waals surface area contributed by atoms with Crippen LogP contribution in [0.15, 0.2) is 72.9 Å². The first kappa shape index (κ1) is 19.2. The second kappa shape index (κ2) is 8.88. The Morgan fingerprint density at radius 2 is 1.86 bits per heavy atom. The lowest BCUT2D eigenvalue weighted by atomic mass is 10.1. The molecule has 148 valence electrons. The molecule has 0 bridgehead atoms. The monoisotopic (exact) mass is 386 g/mol. The molecule has 1 atom stereocenters. The van der Waals surface area contributed by atoms with E-state index in [1.54, 1.807) is 6.20 Å². The Balaban J connectivity index is 1.30. The van der Waals surface area contributed by atoms with Crippen LogP contribution in [0.25, 0.3) is 0 Å². The highest BCUT2D eigenvalue weighted by molar-refractivity contribution is 6.04. The summed E-state index contributed by atoms with van der Waals surface area (Å²) in [5.41, 5.74) is 3.93. The minimum Gasteiger partial charge on any atom is -0.355 e. The molecule has 0 saturated carbocycles. The molecule has 2 heterocycles. The molecule has 5 nitrogen and oxygen atoms in total. The van der Waals surface area contributed by atoms with Crippen LogP contribution in [0.1, 0.15) is 27.9 Å². The van der Waals surface area contributed by atoms with Gasteiger partial charge in [-0.25, -0.2) is 4.98 Å². The van der Waals surface area contributed by atoms with E-state index >= 15 is 0 Å². The van der Waals surface area contributed by atoms with Crippen LogP contribution in [0.5, 0.6) is 0 Å². The molecule has 2 N–H and O–H groups in total. The van der Waals surface area contributed by atoms with E-state index in [0.717, 1.165) is 37.6 Å². The number of nitrogens with one attached hydrogen (secondary N) is 2. The van der Waals surface area contributed by atoms with Gasteiger partial charge in [-0.15, -0.1) is 0 Å². The molecule has 3 aromatic rings. The van der Waals surface area contributed by atoms with Crippen LogP contribution in [-0.2, 0) is 6.54 Å². The second-order valence-corrected chi connectivity index (χ2v) is 7.52. The number of anilines is 2. The van der Waals surface area contributed by atoms with Crippen molar-refractivity contribution in [2.45, 2.75) is 25.9 Å². The second-order valence-electron chi connectivity index (χ2n) is 7.52. The van der Waals surface area contributed by atoms with Crippen molar-refractivity contribution in [1.82, 2.24) is 10.3 Å². The van der Waals surface area contributed by atoms with Gasteiger partial charge in [-0.1, -0.05) is 48.0 Å². The van der Waals surface area contributed by atoms with E-state index in [-0.39, 0.29) is 5.91 Å². The Kier molecular flexibility index (Phi) is 5.86. The SMILES string of the molecule is Cc1ccc(CN[C@@H]2CCN(c3ccc(C(=O)Nc4ccccc4)cn3)C2)cc1. The van der Waals surface area contributed by atoms with Crippen LogP contribution in [-0.4, -0.2) is 30.0 Å². The van der Waals surface area contributed by atoms with Gasteiger partial charge in [0.2, 0.25) is 0 Å². The summed E-state index contributed by atoms with van der Waals surface area (Å²) in [5.74, 6) is 0.773. The highest BCUT2D eigenvalue weighted by Gasteiger charge is 2.23. The third-order valence-corrected chi connectivity index (χ3v) is 5.27. The lowest BCUT2D eigenvalue weighted by Gasteiger charge is -2.18. The minimum absolute atomic E-state index is 0.144. The Hall–Kier alpha value is -3.18. The summed E-state index contributed by atoms with van der Waals surface area (Å²) in [6.07, 6.45) is 2.74. The Morgan fingerprint density at radius 3 is 2.59 bits per heavy atom. The summed E-state index contributed by atoms with van der Waals surface area (Å²) >= 11 is 0. The first-order chi connectivity index (χ1) is 14.2. The standard InChI is InChI=1S/C24H26N4O/c1-18-7-9-19(10-8-18)15-25-22-13-14-28(17-22)23-12-11-20(16-26-23)24(29)27-21-5-3-2-4-6-21/h2-12,16,22,25H,13-15,17H2,1H3,(H,27,29)/t22-/m1/s1. The van der Waals surface area contributed by atoms with Crippen LogP contribution in [0, 0.1) is 6.92 Å². The molecule has 1 fully saturated rings. The van der Waals surface area contributed by atoms with Crippen LogP contribution in [0.3, 0.4) is 0 Å². The fourth-order valence-electron chi connectivity index (χ4n) is 3.54. The Labute approximate surface area is 171 Å². The Morgan fingerprint density at radius 1 is 1.07 bits per heavy atom. The van der Waals surface area contributed by atoms with Gasteiger partial charge < -0.3 is 15.5 Å². The summed E-state index contributed by atoms with van der Waals surface area (Å²) in [5, 5.41) is 6.53. The summed E-state index contributed by atoms with van der Waals surface area (Å²) < 4.78 is 0. The van der Waals surface area contributed by atoms with Crippen LogP contribution in [0.4, 0.5) is 11.5 Å². The zero-order valence-electron chi connectivity index (χ0n) is 16.6. The molecule has 1 saturated heterocycles. The van der Waals surface area contributed by atoms with Gasteiger partial charge in [0.25, 0.3) is 5.91 Å². The van der Waals surface area contributed by atoms with Crippen molar-refractivity contribution in [3.05, 3.63) is 89.6 Å². The number of rotatable bonds is 6. The number of benzene rings is 2. The van der Waals surface area contributed by atoms with E-state index in [1.807, 2.05) is 42.5 Å². The van der Waals surface area contributed by atoms with Gasteiger partial charge in [0, 0.05) is 37.6 Å². The number of aromatic nitrogens is 1. The molecule has 1 aliphatic rings. The maximum atomic E-state index is 12.4. The normalized spacial score (nSPS) is 16.0. The highest BCUT2D eigenvalue weighted by atomic mass is 16.1. The smallest absolute Gasteiger partial charge is 0.257 e. The summed E-state index contributed by atoms with van der Waals surface area (Å²) in [4.78, 5) is 19.2. The quantitative estimate of drug-likeness (QED) is 0.672. The van der Waals surface area contributed by atoms with Crippen molar-refractivity contribution in [3.63, 3.8) is 0 Å². The molecule has 4 rings (SSSR count). The number of carbonyl (C=O) groups is 1. The Bertz CT molecular complexity index is 939. The summed E-state index contributed by atoms with van der Waals surface area (Å²) in [7, 11) is 0. The molecule has 0 unspecified atom stereocenters. The van der Waals surface area contributed by atoms with Crippen molar-refractivity contribution < 1.29 is 4.79 Å². The van der Waals surface area contributed by atoms with E-state index < -0.39 is 0 Å². The number of para-hydroxylation sites is 1. The van der Waals surface area contributed by atoms with Crippen molar-refractivity contribution in [2.24, 2.45) is 0 Å². The van der Waals surface area contributed by atoms with E-state index in [4.69, 9.17) is 0 Å². The predicted molar refractivity (Wildman–Crippen MR) is 117 cm³/mol. The number of amides is 1. The minimum atomic E-state index is -0.144. The van der Waals surface area contributed by atoms with E-state index in [9.17, 15) is 4.79 Å². The largest absolute Gasteiger partial charge is 0.355 e. The number of aryl methyl sites for hydroxylation is 1. The lowest BCUT2D eigenvalue weighted by molar-refractivity contribution is 0.102. The third kappa shape index (κ3) is 5.00. The van der Waals surface area contributed by atoms with Gasteiger partial charge in [-0.2, -0.15) is 0 Å². The van der Waals surface area contributed by atoms with E-state index in [1.165, 1.54) is 11.1 Å². The lowest BCUT2D eigenvalue weighted by Crippen LogP contribution is -2.32. The molecule has 1 amide bonds. The molecule has 0 radical (unpaired) electrons.